The second kappa shape index (κ2) is 12.3. The molecule has 0 aromatic heterocycles. The Morgan fingerprint density at radius 3 is 1.83 bits per heavy atom. The average Bonchev–Trinajstić information content (AvgIpc) is 2.36. The molecule has 0 fully saturated rings. The molecule has 132 valence electrons. The number of allylic oxidation sites excluding steroid dienone is 3. The molecule has 0 rings (SSSR count). The Labute approximate surface area is 141 Å². The predicted octanol–water partition coefficient (Wildman–Crippen LogP) is 4.07. The van der Waals surface area contributed by atoms with Crippen LogP contribution in [0.3, 0.4) is 0 Å². The van der Waals surface area contributed by atoms with E-state index < -0.39 is 12.2 Å². The van der Waals surface area contributed by atoms with Crippen molar-refractivity contribution in [3.05, 3.63) is 46.6 Å². The van der Waals surface area contributed by atoms with Crippen LogP contribution >= 0.6 is 0 Å². The van der Waals surface area contributed by atoms with Crippen LogP contribution in [0, 0.1) is 0 Å². The minimum atomic E-state index is -0.498. The van der Waals surface area contributed by atoms with Crippen LogP contribution in [0.15, 0.2) is 46.6 Å². The van der Waals surface area contributed by atoms with Gasteiger partial charge in [0.1, 0.15) is 0 Å². The smallest absolute Gasteiger partial charge is 0.0760 e. The first kappa shape index (κ1) is 21.8. The van der Waals surface area contributed by atoms with Gasteiger partial charge in [-0.3, -0.25) is 0 Å². The molecule has 0 spiro atoms. The molecule has 0 bridgehead atoms. The quantitative estimate of drug-likeness (QED) is 0.531. The van der Waals surface area contributed by atoms with Crippen LogP contribution in [0.25, 0.3) is 0 Å². The highest BCUT2D eigenvalue weighted by molar-refractivity contribution is 5.10. The third-order valence-electron chi connectivity index (χ3n) is 3.54. The van der Waals surface area contributed by atoms with E-state index in [-0.39, 0.29) is 6.61 Å². The molecule has 3 N–H and O–H groups in total. The molecule has 0 aromatic rings. The summed E-state index contributed by atoms with van der Waals surface area (Å²) in [5, 5.41) is 28.6. The Kier molecular flexibility index (Phi) is 11.7. The van der Waals surface area contributed by atoms with Crippen LogP contribution < -0.4 is 0 Å². The molecule has 2 atom stereocenters. The summed E-state index contributed by atoms with van der Waals surface area (Å²) in [5.41, 5.74) is 4.46. The third-order valence-corrected chi connectivity index (χ3v) is 3.54. The fourth-order valence-corrected chi connectivity index (χ4v) is 2.44. The molecular weight excluding hydrogens is 288 g/mol. The van der Waals surface area contributed by atoms with Gasteiger partial charge in [0.05, 0.1) is 18.8 Å². The fraction of sp³-hybridized carbons (Fsp3) is 0.600. The summed E-state index contributed by atoms with van der Waals surface area (Å²) in [6, 6.07) is 0. The van der Waals surface area contributed by atoms with E-state index in [9.17, 15) is 10.2 Å². The van der Waals surface area contributed by atoms with E-state index in [0.717, 1.165) is 29.6 Å². The van der Waals surface area contributed by atoms with Crippen molar-refractivity contribution in [2.45, 2.75) is 72.5 Å². The zero-order valence-corrected chi connectivity index (χ0v) is 15.3. The predicted molar refractivity (Wildman–Crippen MR) is 98.3 cm³/mol. The zero-order valence-electron chi connectivity index (χ0n) is 15.3. The van der Waals surface area contributed by atoms with Crippen molar-refractivity contribution in [3.8, 4) is 0 Å². The molecule has 0 aromatic carbocycles. The molecule has 0 aliphatic rings. The minimum absolute atomic E-state index is 0.0178. The van der Waals surface area contributed by atoms with Gasteiger partial charge in [0, 0.05) is 0 Å². The monoisotopic (exact) mass is 322 g/mol. The van der Waals surface area contributed by atoms with Gasteiger partial charge in [-0.25, -0.2) is 0 Å². The van der Waals surface area contributed by atoms with Crippen molar-refractivity contribution < 1.29 is 15.3 Å². The van der Waals surface area contributed by atoms with Gasteiger partial charge in [0.25, 0.3) is 0 Å². The maximum absolute atomic E-state index is 9.97. The summed E-state index contributed by atoms with van der Waals surface area (Å²) in [7, 11) is 0. The Morgan fingerprint density at radius 2 is 1.30 bits per heavy atom. The number of hydrogen-bond acceptors (Lipinski definition) is 3. The average molecular weight is 322 g/mol. The Morgan fingerprint density at radius 1 is 0.783 bits per heavy atom. The minimum Gasteiger partial charge on any atom is -0.392 e. The van der Waals surface area contributed by atoms with E-state index in [2.05, 4.69) is 6.08 Å². The van der Waals surface area contributed by atoms with E-state index in [4.69, 9.17) is 5.11 Å². The molecule has 0 aliphatic carbocycles. The zero-order chi connectivity index (χ0) is 17.8. The molecular formula is C20H34O3. The fourth-order valence-electron chi connectivity index (χ4n) is 2.44. The first-order chi connectivity index (χ1) is 10.7. The van der Waals surface area contributed by atoms with Crippen molar-refractivity contribution in [1.29, 1.82) is 0 Å². The summed E-state index contributed by atoms with van der Waals surface area (Å²) in [6.07, 6.45) is 9.77. The van der Waals surface area contributed by atoms with Gasteiger partial charge in [0.2, 0.25) is 0 Å². The SMILES string of the molecule is CC(C)=C[C@H](O)C/C(C)=C/CC/C(C)=C/[C@H](O)C/C(C)=C/CO. The van der Waals surface area contributed by atoms with E-state index >= 15 is 0 Å². The first-order valence-electron chi connectivity index (χ1n) is 8.35. The number of rotatable bonds is 10. The second-order valence-corrected chi connectivity index (χ2v) is 6.62. The highest BCUT2D eigenvalue weighted by atomic mass is 16.3. The molecule has 0 heterocycles. The normalized spacial score (nSPS) is 16.3. The van der Waals surface area contributed by atoms with Crippen LogP contribution in [-0.4, -0.2) is 34.1 Å². The lowest BCUT2D eigenvalue weighted by Gasteiger charge is -2.09. The summed E-state index contributed by atoms with van der Waals surface area (Å²) in [5.74, 6) is 0. The van der Waals surface area contributed by atoms with Crippen LogP contribution in [0.2, 0.25) is 0 Å². The molecule has 0 aliphatic heterocycles. The lowest BCUT2D eigenvalue weighted by Crippen LogP contribution is -2.04. The molecule has 0 amide bonds. The summed E-state index contributed by atoms with van der Waals surface area (Å²) in [4.78, 5) is 0. The van der Waals surface area contributed by atoms with E-state index in [1.807, 2.05) is 46.8 Å². The Balaban J connectivity index is 4.29. The van der Waals surface area contributed by atoms with Gasteiger partial charge in [-0.15, -0.1) is 0 Å². The summed E-state index contributed by atoms with van der Waals surface area (Å²) >= 11 is 0. The molecule has 23 heavy (non-hydrogen) atoms. The third kappa shape index (κ3) is 13.0. The van der Waals surface area contributed by atoms with Crippen LogP contribution in [-0.2, 0) is 0 Å². The maximum atomic E-state index is 9.97. The standard InChI is InChI=1S/C20H34O3/c1-15(2)11-19(22)12-16(3)7-6-8-17(4)13-20(23)14-18(5)9-10-21/h7,9,11,13,19-23H,6,8,10,12,14H2,1-5H3/b16-7+,17-13+,18-9+/t19-,20-/m0/s1. The van der Waals surface area contributed by atoms with Crippen molar-refractivity contribution in [3.63, 3.8) is 0 Å². The second-order valence-electron chi connectivity index (χ2n) is 6.62. The van der Waals surface area contributed by atoms with Crippen molar-refractivity contribution >= 4 is 0 Å². The van der Waals surface area contributed by atoms with Gasteiger partial charge in [0.15, 0.2) is 0 Å². The highest BCUT2D eigenvalue weighted by Gasteiger charge is 2.03. The summed E-state index contributed by atoms with van der Waals surface area (Å²) < 4.78 is 0. The van der Waals surface area contributed by atoms with Crippen molar-refractivity contribution in [1.82, 2.24) is 0 Å². The van der Waals surface area contributed by atoms with Crippen molar-refractivity contribution in [2.24, 2.45) is 0 Å². The molecule has 0 saturated heterocycles. The largest absolute Gasteiger partial charge is 0.392 e. The molecule has 3 heteroatoms. The Bertz CT molecular complexity index is 452. The van der Waals surface area contributed by atoms with Crippen molar-refractivity contribution in [2.75, 3.05) is 6.61 Å². The highest BCUT2D eigenvalue weighted by Crippen LogP contribution is 2.14. The topological polar surface area (TPSA) is 60.7 Å². The van der Waals surface area contributed by atoms with Gasteiger partial charge in [-0.1, -0.05) is 46.6 Å². The maximum Gasteiger partial charge on any atom is 0.0760 e. The molecule has 0 radical (unpaired) electrons. The first-order valence-corrected chi connectivity index (χ1v) is 8.35. The number of hydrogen-bond donors (Lipinski definition) is 3. The molecule has 0 saturated carbocycles. The van der Waals surface area contributed by atoms with E-state index in [0.29, 0.717) is 12.8 Å². The van der Waals surface area contributed by atoms with Gasteiger partial charge < -0.3 is 15.3 Å². The van der Waals surface area contributed by atoms with Crippen LogP contribution in [0.4, 0.5) is 0 Å². The van der Waals surface area contributed by atoms with E-state index in [1.165, 1.54) is 5.57 Å². The van der Waals surface area contributed by atoms with Gasteiger partial charge in [-0.2, -0.15) is 0 Å². The molecule has 3 nitrogen and oxygen atoms in total. The number of aliphatic hydroxyl groups is 3. The molecule has 0 unspecified atom stereocenters. The Hall–Kier alpha value is -1.16. The van der Waals surface area contributed by atoms with Crippen LogP contribution in [0.1, 0.15) is 60.3 Å². The lowest BCUT2D eigenvalue weighted by atomic mass is 10.0. The van der Waals surface area contributed by atoms with Crippen LogP contribution in [0.5, 0.6) is 0 Å². The number of aliphatic hydroxyl groups excluding tert-OH is 3. The van der Waals surface area contributed by atoms with Gasteiger partial charge in [-0.05, 0) is 60.3 Å². The summed E-state index contributed by atoms with van der Waals surface area (Å²) in [6.45, 7) is 9.96. The van der Waals surface area contributed by atoms with Gasteiger partial charge >= 0.3 is 0 Å². The lowest BCUT2D eigenvalue weighted by molar-refractivity contribution is 0.222. The van der Waals surface area contributed by atoms with E-state index in [1.54, 1.807) is 6.08 Å².